The maximum atomic E-state index is 5.60. The van der Waals surface area contributed by atoms with Gasteiger partial charge in [0.05, 0.1) is 18.3 Å². The second-order valence-electron chi connectivity index (χ2n) is 7.08. The minimum absolute atomic E-state index is 0.544. The van der Waals surface area contributed by atoms with Gasteiger partial charge in [0.2, 0.25) is 5.95 Å². The van der Waals surface area contributed by atoms with Crippen LogP contribution in [0.25, 0.3) is 22.0 Å². The number of nitrogens with one attached hydrogen (secondary N) is 2. The molecule has 0 aliphatic carbocycles. The standard InChI is InChI=1S/C23H21N5O/c1-29-22-11-16-6-8-25-13-19(16)10-21(22)28-23-26-14-18-5-4-15(9-20(18)27-23)17-3-2-7-24-12-17/h2-5,7,9-12,14,25H,6,8,13H2,1H3,(H,26,27,28). The highest BCUT2D eigenvalue weighted by molar-refractivity contribution is 5.84. The molecule has 0 saturated heterocycles. The lowest BCUT2D eigenvalue weighted by Crippen LogP contribution is -2.23. The molecule has 0 unspecified atom stereocenters. The van der Waals surface area contributed by atoms with Crippen molar-refractivity contribution in [1.82, 2.24) is 20.3 Å². The van der Waals surface area contributed by atoms with Gasteiger partial charge in [0.25, 0.3) is 0 Å². The lowest BCUT2D eigenvalue weighted by Gasteiger charge is -2.20. The van der Waals surface area contributed by atoms with Crippen LogP contribution in [0.3, 0.4) is 0 Å². The van der Waals surface area contributed by atoms with Crippen molar-refractivity contribution in [3.8, 4) is 16.9 Å². The van der Waals surface area contributed by atoms with Gasteiger partial charge in [0.1, 0.15) is 5.75 Å². The first-order valence-corrected chi connectivity index (χ1v) is 9.65. The summed E-state index contributed by atoms with van der Waals surface area (Å²) >= 11 is 0. The largest absolute Gasteiger partial charge is 0.495 e. The van der Waals surface area contributed by atoms with Gasteiger partial charge in [-0.05, 0) is 53.9 Å². The van der Waals surface area contributed by atoms with Crippen molar-refractivity contribution in [3.63, 3.8) is 0 Å². The first-order chi connectivity index (χ1) is 14.3. The second-order valence-corrected chi connectivity index (χ2v) is 7.08. The Morgan fingerprint density at radius 2 is 2.00 bits per heavy atom. The number of fused-ring (bicyclic) bond motifs is 2. The van der Waals surface area contributed by atoms with E-state index in [1.807, 2.05) is 30.6 Å². The molecule has 1 aliphatic rings. The van der Waals surface area contributed by atoms with Gasteiger partial charge < -0.3 is 15.4 Å². The van der Waals surface area contributed by atoms with Crippen molar-refractivity contribution in [2.45, 2.75) is 13.0 Å². The Kier molecular flexibility index (Phi) is 4.54. The van der Waals surface area contributed by atoms with Crippen molar-refractivity contribution in [2.75, 3.05) is 19.0 Å². The third kappa shape index (κ3) is 3.50. The van der Waals surface area contributed by atoms with Crippen LogP contribution in [-0.2, 0) is 13.0 Å². The van der Waals surface area contributed by atoms with E-state index in [1.165, 1.54) is 11.1 Å². The van der Waals surface area contributed by atoms with Crippen LogP contribution in [0.5, 0.6) is 5.75 Å². The van der Waals surface area contributed by atoms with Crippen LogP contribution < -0.4 is 15.4 Å². The Bertz CT molecular complexity index is 1180. The first kappa shape index (κ1) is 17.6. The van der Waals surface area contributed by atoms with E-state index in [4.69, 9.17) is 9.72 Å². The van der Waals surface area contributed by atoms with Crippen molar-refractivity contribution in [1.29, 1.82) is 0 Å². The highest BCUT2D eigenvalue weighted by Gasteiger charge is 2.14. The zero-order valence-corrected chi connectivity index (χ0v) is 16.1. The van der Waals surface area contributed by atoms with E-state index in [2.05, 4.69) is 44.9 Å². The fraction of sp³-hybridized carbons (Fsp3) is 0.174. The van der Waals surface area contributed by atoms with Crippen LogP contribution in [0.15, 0.2) is 61.1 Å². The Labute approximate surface area is 169 Å². The normalized spacial score (nSPS) is 13.1. The Morgan fingerprint density at radius 3 is 2.86 bits per heavy atom. The van der Waals surface area contributed by atoms with Gasteiger partial charge >= 0.3 is 0 Å². The monoisotopic (exact) mass is 383 g/mol. The topological polar surface area (TPSA) is 72.0 Å². The van der Waals surface area contributed by atoms with Crippen LogP contribution in [0.4, 0.5) is 11.6 Å². The van der Waals surface area contributed by atoms with Crippen molar-refractivity contribution >= 4 is 22.5 Å². The zero-order chi connectivity index (χ0) is 19.6. The van der Waals surface area contributed by atoms with Gasteiger partial charge in [-0.2, -0.15) is 0 Å². The first-order valence-electron chi connectivity index (χ1n) is 9.65. The summed E-state index contributed by atoms with van der Waals surface area (Å²) in [6, 6.07) is 14.4. The summed E-state index contributed by atoms with van der Waals surface area (Å²) in [6.45, 7) is 1.86. The average Bonchev–Trinajstić information content (AvgIpc) is 2.78. The molecule has 0 spiro atoms. The van der Waals surface area contributed by atoms with Crippen molar-refractivity contribution in [3.05, 3.63) is 72.2 Å². The minimum atomic E-state index is 0.544. The second kappa shape index (κ2) is 7.48. The number of rotatable bonds is 4. The third-order valence-corrected chi connectivity index (χ3v) is 5.23. The fourth-order valence-electron chi connectivity index (χ4n) is 3.69. The van der Waals surface area contributed by atoms with E-state index in [1.54, 1.807) is 13.3 Å². The molecule has 0 fully saturated rings. The molecule has 0 radical (unpaired) electrons. The average molecular weight is 383 g/mol. The molecule has 1 aliphatic heterocycles. The van der Waals surface area contributed by atoms with Crippen LogP contribution in [0.2, 0.25) is 0 Å². The Morgan fingerprint density at radius 1 is 1.03 bits per heavy atom. The molecular formula is C23H21N5O. The predicted octanol–water partition coefficient (Wildman–Crippen LogP) is 4.09. The number of benzene rings is 2. The predicted molar refractivity (Wildman–Crippen MR) is 114 cm³/mol. The molecule has 0 amide bonds. The van der Waals surface area contributed by atoms with Crippen LogP contribution in [0.1, 0.15) is 11.1 Å². The highest BCUT2D eigenvalue weighted by Crippen LogP contribution is 2.32. The molecule has 2 aromatic carbocycles. The van der Waals surface area contributed by atoms with Crippen molar-refractivity contribution < 1.29 is 4.74 Å². The van der Waals surface area contributed by atoms with Gasteiger partial charge in [-0.15, -0.1) is 0 Å². The highest BCUT2D eigenvalue weighted by atomic mass is 16.5. The number of anilines is 2. The molecule has 5 rings (SSSR count). The third-order valence-electron chi connectivity index (χ3n) is 5.23. The number of methoxy groups -OCH3 is 1. The molecule has 0 atom stereocenters. The zero-order valence-electron chi connectivity index (χ0n) is 16.1. The van der Waals surface area contributed by atoms with E-state index in [0.29, 0.717) is 5.95 Å². The molecular weight excluding hydrogens is 362 g/mol. The number of pyridine rings is 1. The van der Waals surface area contributed by atoms with Gasteiger partial charge in [0.15, 0.2) is 0 Å². The molecule has 29 heavy (non-hydrogen) atoms. The van der Waals surface area contributed by atoms with E-state index in [9.17, 15) is 0 Å². The molecule has 6 nitrogen and oxygen atoms in total. The Balaban J connectivity index is 1.51. The maximum absolute atomic E-state index is 5.60. The van der Waals surface area contributed by atoms with Crippen LogP contribution >= 0.6 is 0 Å². The van der Waals surface area contributed by atoms with E-state index in [0.717, 1.165) is 53.0 Å². The molecule has 3 heterocycles. The summed E-state index contributed by atoms with van der Waals surface area (Å²) in [7, 11) is 1.69. The van der Waals surface area contributed by atoms with Gasteiger partial charge in [-0.1, -0.05) is 18.2 Å². The number of hydrogen-bond donors (Lipinski definition) is 2. The molecule has 2 aromatic heterocycles. The lowest BCUT2D eigenvalue weighted by molar-refractivity contribution is 0.415. The molecule has 0 saturated carbocycles. The quantitative estimate of drug-likeness (QED) is 0.553. The van der Waals surface area contributed by atoms with E-state index >= 15 is 0 Å². The summed E-state index contributed by atoms with van der Waals surface area (Å²) in [6.07, 6.45) is 6.48. The number of aromatic nitrogens is 3. The molecule has 144 valence electrons. The molecule has 4 aromatic rings. The van der Waals surface area contributed by atoms with Gasteiger partial charge in [0, 0.05) is 36.1 Å². The Hall–Kier alpha value is -3.51. The maximum Gasteiger partial charge on any atom is 0.227 e. The van der Waals surface area contributed by atoms with Crippen LogP contribution in [0, 0.1) is 0 Å². The molecule has 6 heteroatoms. The van der Waals surface area contributed by atoms with Crippen molar-refractivity contribution in [2.24, 2.45) is 0 Å². The summed E-state index contributed by atoms with van der Waals surface area (Å²) in [4.78, 5) is 13.4. The SMILES string of the molecule is COc1cc2c(cc1Nc1ncc3ccc(-c4cccnc4)cc3n1)CNCC2. The van der Waals surface area contributed by atoms with Gasteiger partial charge in [-0.3, -0.25) is 4.98 Å². The number of ether oxygens (including phenoxy) is 1. The fourth-order valence-corrected chi connectivity index (χ4v) is 3.69. The van der Waals surface area contributed by atoms with E-state index in [-0.39, 0.29) is 0 Å². The molecule has 0 bridgehead atoms. The van der Waals surface area contributed by atoms with Gasteiger partial charge in [-0.25, -0.2) is 9.97 Å². The number of nitrogens with zero attached hydrogens (tertiary/aromatic N) is 3. The smallest absolute Gasteiger partial charge is 0.227 e. The minimum Gasteiger partial charge on any atom is -0.495 e. The summed E-state index contributed by atoms with van der Waals surface area (Å²) in [5.41, 5.74) is 6.49. The summed E-state index contributed by atoms with van der Waals surface area (Å²) in [5.74, 6) is 1.35. The summed E-state index contributed by atoms with van der Waals surface area (Å²) in [5, 5.41) is 7.74. The summed E-state index contributed by atoms with van der Waals surface area (Å²) < 4.78 is 5.60. The molecule has 2 N–H and O–H groups in total. The van der Waals surface area contributed by atoms with E-state index < -0.39 is 0 Å². The number of hydrogen-bond acceptors (Lipinski definition) is 6. The van der Waals surface area contributed by atoms with Crippen LogP contribution in [-0.4, -0.2) is 28.6 Å². The lowest BCUT2D eigenvalue weighted by atomic mass is 10.00.